The number of nitrogens with one attached hydrogen (secondary N) is 1. The standard InChI is InChI=1S/C21H17N3O2S.ClH/c25-21(18-11-6-14-27-18)26-13-12-22-20-16-9-4-5-10-17(16)23-19(24-20)15-7-2-1-3-8-15;/h1-11,14H,12-13H2,(H,22,23,24);1H. The quantitative estimate of drug-likeness (QED) is 0.355. The number of nitrogens with zero attached hydrogens (tertiary/aromatic N) is 2. The molecule has 0 aliphatic rings. The molecule has 0 saturated heterocycles. The molecule has 1 N–H and O–H groups in total. The van der Waals surface area contributed by atoms with E-state index in [9.17, 15) is 4.79 Å². The Morgan fingerprint density at radius 1 is 0.964 bits per heavy atom. The number of hydrogen-bond acceptors (Lipinski definition) is 6. The van der Waals surface area contributed by atoms with E-state index in [0.29, 0.717) is 17.2 Å². The van der Waals surface area contributed by atoms with E-state index >= 15 is 0 Å². The van der Waals surface area contributed by atoms with E-state index in [0.717, 1.165) is 22.3 Å². The Morgan fingerprint density at radius 3 is 2.54 bits per heavy atom. The van der Waals surface area contributed by atoms with Crippen molar-refractivity contribution in [3.63, 3.8) is 0 Å². The number of anilines is 1. The average Bonchev–Trinajstić information content (AvgIpc) is 3.26. The van der Waals surface area contributed by atoms with E-state index in [1.807, 2.05) is 66.0 Å². The fraction of sp³-hybridized carbons (Fsp3) is 0.0952. The third-order valence-corrected chi connectivity index (χ3v) is 4.84. The van der Waals surface area contributed by atoms with Crippen LogP contribution in [0.4, 0.5) is 5.82 Å². The topological polar surface area (TPSA) is 64.1 Å². The maximum Gasteiger partial charge on any atom is 0.348 e. The van der Waals surface area contributed by atoms with Gasteiger partial charge in [0, 0.05) is 10.9 Å². The lowest BCUT2D eigenvalue weighted by molar-refractivity contribution is 0.0526. The number of fused-ring (bicyclic) bond motifs is 1. The van der Waals surface area contributed by atoms with Crippen LogP contribution in [0, 0.1) is 0 Å². The van der Waals surface area contributed by atoms with Crippen molar-refractivity contribution >= 4 is 46.4 Å². The number of esters is 1. The molecule has 4 rings (SSSR count). The normalized spacial score (nSPS) is 10.3. The number of benzene rings is 2. The highest BCUT2D eigenvalue weighted by atomic mass is 35.5. The van der Waals surface area contributed by atoms with Gasteiger partial charge in [0.05, 0.1) is 12.1 Å². The summed E-state index contributed by atoms with van der Waals surface area (Å²) in [6.07, 6.45) is 0. The molecule has 0 unspecified atom stereocenters. The Morgan fingerprint density at radius 2 is 1.75 bits per heavy atom. The summed E-state index contributed by atoms with van der Waals surface area (Å²) < 4.78 is 5.30. The van der Waals surface area contributed by atoms with Gasteiger partial charge in [0.2, 0.25) is 0 Å². The fourth-order valence-corrected chi connectivity index (χ4v) is 3.32. The molecule has 0 fully saturated rings. The maximum atomic E-state index is 11.9. The number of ether oxygens (including phenoxy) is 1. The fourth-order valence-electron chi connectivity index (χ4n) is 2.71. The minimum Gasteiger partial charge on any atom is -0.460 e. The first kappa shape index (κ1) is 19.8. The summed E-state index contributed by atoms with van der Waals surface area (Å²) in [5, 5.41) is 6.06. The zero-order chi connectivity index (χ0) is 18.5. The van der Waals surface area contributed by atoms with Gasteiger partial charge in [0.15, 0.2) is 5.82 Å². The van der Waals surface area contributed by atoms with Crippen LogP contribution in [-0.4, -0.2) is 29.1 Å². The summed E-state index contributed by atoms with van der Waals surface area (Å²) in [6.45, 7) is 0.724. The first-order chi connectivity index (χ1) is 13.3. The SMILES string of the molecule is Cl.O=C(OCCNc1nc(-c2ccccc2)nc2ccccc12)c1cccs1. The number of carbonyl (C=O) groups excluding carboxylic acids is 1. The molecule has 0 saturated carbocycles. The third-order valence-electron chi connectivity index (χ3n) is 3.99. The van der Waals surface area contributed by atoms with E-state index in [1.165, 1.54) is 11.3 Å². The Bertz CT molecular complexity index is 1060. The van der Waals surface area contributed by atoms with Crippen LogP contribution in [0.2, 0.25) is 0 Å². The molecule has 5 nitrogen and oxygen atoms in total. The van der Waals surface area contributed by atoms with Crippen LogP contribution in [0.5, 0.6) is 0 Å². The van der Waals surface area contributed by atoms with Gasteiger partial charge in [-0.2, -0.15) is 0 Å². The lowest BCUT2D eigenvalue weighted by atomic mass is 10.2. The molecular weight excluding hydrogens is 394 g/mol. The van der Waals surface area contributed by atoms with E-state index in [4.69, 9.17) is 4.74 Å². The second-order valence-corrected chi connectivity index (χ2v) is 6.77. The van der Waals surface area contributed by atoms with E-state index in [1.54, 1.807) is 6.07 Å². The molecule has 0 amide bonds. The first-order valence-electron chi connectivity index (χ1n) is 8.58. The van der Waals surface area contributed by atoms with Crippen LogP contribution in [0.1, 0.15) is 9.67 Å². The van der Waals surface area contributed by atoms with Gasteiger partial charge in [0.1, 0.15) is 17.3 Å². The number of hydrogen-bond donors (Lipinski definition) is 1. The van der Waals surface area contributed by atoms with Crippen LogP contribution < -0.4 is 5.32 Å². The molecule has 2 aromatic heterocycles. The molecule has 0 bridgehead atoms. The van der Waals surface area contributed by atoms with Gasteiger partial charge in [0.25, 0.3) is 0 Å². The second kappa shape index (κ2) is 9.30. The van der Waals surface area contributed by atoms with Crippen molar-refractivity contribution in [2.45, 2.75) is 0 Å². The van der Waals surface area contributed by atoms with Crippen molar-refractivity contribution < 1.29 is 9.53 Å². The van der Waals surface area contributed by atoms with Gasteiger partial charge in [-0.1, -0.05) is 48.5 Å². The Balaban J connectivity index is 0.00000225. The summed E-state index contributed by atoms with van der Waals surface area (Å²) in [7, 11) is 0. The Kier molecular flexibility index (Phi) is 6.57. The van der Waals surface area contributed by atoms with E-state index in [2.05, 4.69) is 15.3 Å². The number of carbonyl (C=O) groups is 1. The zero-order valence-corrected chi connectivity index (χ0v) is 16.5. The van der Waals surface area contributed by atoms with Crippen LogP contribution in [0.3, 0.4) is 0 Å². The van der Waals surface area contributed by atoms with Crippen LogP contribution in [0.25, 0.3) is 22.3 Å². The number of rotatable bonds is 6. The number of aromatic nitrogens is 2. The highest BCUT2D eigenvalue weighted by Gasteiger charge is 2.10. The van der Waals surface area contributed by atoms with Gasteiger partial charge < -0.3 is 10.1 Å². The van der Waals surface area contributed by atoms with Crippen molar-refractivity contribution in [1.82, 2.24) is 9.97 Å². The van der Waals surface area contributed by atoms with Crippen molar-refractivity contribution in [2.75, 3.05) is 18.5 Å². The monoisotopic (exact) mass is 411 g/mol. The lowest BCUT2D eigenvalue weighted by Gasteiger charge is -2.11. The first-order valence-corrected chi connectivity index (χ1v) is 9.46. The molecular formula is C21H18ClN3O2S. The summed E-state index contributed by atoms with van der Waals surface area (Å²) in [6, 6.07) is 21.3. The summed E-state index contributed by atoms with van der Waals surface area (Å²) in [4.78, 5) is 21.8. The predicted octanol–water partition coefficient (Wildman–Crippen LogP) is 5.05. The highest BCUT2D eigenvalue weighted by molar-refractivity contribution is 7.11. The van der Waals surface area contributed by atoms with Crippen LogP contribution in [-0.2, 0) is 4.74 Å². The van der Waals surface area contributed by atoms with Gasteiger partial charge in [-0.25, -0.2) is 14.8 Å². The molecule has 4 aromatic rings. The smallest absolute Gasteiger partial charge is 0.348 e. The van der Waals surface area contributed by atoms with Gasteiger partial charge in [-0.05, 0) is 23.6 Å². The van der Waals surface area contributed by atoms with E-state index in [-0.39, 0.29) is 25.0 Å². The van der Waals surface area contributed by atoms with Crippen LogP contribution in [0.15, 0.2) is 72.1 Å². The average molecular weight is 412 g/mol. The largest absolute Gasteiger partial charge is 0.460 e. The minimum absolute atomic E-state index is 0. The number of halogens is 1. The molecule has 0 radical (unpaired) electrons. The van der Waals surface area contributed by atoms with Crippen molar-refractivity contribution in [1.29, 1.82) is 0 Å². The van der Waals surface area contributed by atoms with Crippen molar-refractivity contribution in [2.24, 2.45) is 0 Å². The third kappa shape index (κ3) is 4.47. The summed E-state index contributed by atoms with van der Waals surface area (Å²) in [5.41, 5.74) is 1.82. The molecule has 0 aliphatic heterocycles. The molecule has 28 heavy (non-hydrogen) atoms. The summed E-state index contributed by atoms with van der Waals surface area (Å²) in [5.74, 6) is 1.09. The molecule has 0 spiro atoms. The lowest BCUT2D eigenvalue weighted by Crippen LogP contribution is -2.14. The van der Waals surface area contributed by atoms with E-state index < -0.39 is 0 Å². The van der Waals surface area contributed by atoms with Gasteiger partial charge >= 0.3 is 5.97 Å². The Labute approximate surface area is 172 Å². The number of para-hydroxylation sites is 1. The molecule has 0 aliphatic carbocycles. The highest BCUT2D eigenvalue weighted by Crippen LogP contribution is 2.24. The maximum absolute atomic E-state index is 11.9. The second-order valence-electron chi connectivity index (χ2n) is 5.82. The molecule has 2 aromatic carbocycles. The molecule has 0 atom stereocenters. The van der Waals surface area contributed by atoms with Crippen molar-refractivity contribution in [3.05, 3.63) is 77.0 Å². The molecule has 142 valence electrons. The number of thiophene rings is 1. The zero-order valence-electron chi connectivity index (χ0n) is 14.9. The van der Waals surface area contributed by atoms with Gasteiger partial charge in [-0.3, -0.25) is 0 Å². The minimum atomic E-state index is -0.302. The predicted molar refractivity (Wildman–Crippen MR) is 115 cm³/mol. The van der Waals surface area contributed by atoms with Crippen LogP contribution >= 0.6 is 23.7 Å². The van der Waals surface area contributed by atoms with Crippen molar-refractivity contribution in [3.8, 4) is 11.4 Å². The molecule has 2 heterocycles. The Hall–Kier alpha value is -2.96. The summed E-state index contributed by atoms with van der Waals surface area (Å²) >= 11 is 1.37. The molecule has 7 heteroatoms. The van der Waals surface area contributed by atoms with Gasteiger partial charge in [-0.15, -0.1) is 23.7 Å².